The minimum atomic E-state index is -0.0594. The standard InChI is InChI=1S/C13H14O2S2/c1-16-12-10(14)8-6-3-4-7(5-6)9(8)11(15)13(12)17-2/h3-4,6-9H,5H2,1-2H3/t6-,7-,8-,9+/m0/s1. The highest BCUT2D eigenvalue weighted by Crippen LogP contribution is 2.54. The quantitative estimate of drug-likeness (QED) is 0.719. The fourth-order valence-electron chi connectivity index (χ4n) is 3.45. The minimum absolute atomic E-state index is 0.0594. The van der Waals surface area contributed by atoms with Gasteiger partial charge in [-0.25, -0.2) is 0 Å². The molecule has 0 spiro atoms. The van der Waals surface area contributed by atoms with Crippen LogP contribution in [0.4, 0.5) is 0 Å². The van der Waals surface area contributed by atoms with Gasteiger partial charge in [-0.2, -0.15) is 0 Å². The lowest BCUT2D eigenvalue weighted by Crippen LogP contribution is -2.38. The van der Waals surface area contributed by atoms with Gasteiger partial charge in [0.25, 0.3) is 0 Å². The van der Waals surface area contributed by atoms with Crippen LogP contribution in [0.5, 0.6) is 0 Å². The Hall–Kier alpha value is -0.480. The lowest BCUT2D eigenvalue weighted by Gasteiger charge is -2.31. The second kappa shape index (κ2) is 4.02. The van der Waals surface area contributed by atoms with Crippen molar-refractivity contribution < 1.29 is 9.59 Å². The summed E-state index contributed by atoms with van der Waals surface area (Å²) in [6.45, 7) is 0. The van der Waals surface area contributed by atoms with Crippen molar-refractivity contribution >= 4 is 35.1 Å². The smallest absolute Gasteiger partial charge is 0.174 e. The Morgan fingerprint density at radius 2 is 1.35 bits per heavy atom. The van der Waals surface area contributed by atoms with Gasteiger partial charge in [-0.15, -0.1) is 23.5 Å². The Bertz CT molecular complexity index is 424. The molecule has 3 rings (SSSR count). The third kappa shape index (κ3) is 1.43. The highest BCUT2D eigenvalue weighted by atomic mass is 32.2. The molecule has 4 heteroatoms. The highest BCUT2D eigenvalue weighted by molar-refractivity contribution is 8.07. The van der Waals surface area contributed by atoms with E-state index in [0.717, 1.165) is 6.42 Å². The van der Waals surface area contributed by atoms with Crippen LogP contribution in [0.2, 0.25) is 0 Å². The molecule has 3 aliphatic rings. The highest BCUT2D eigenvalue weighted by Gasteiger charge is 2.55. The first kappa shape index (κ1) is 11.6. The summed E-state index contributed by atoms with van der Waals surface area (Å²) in [7, 11) is 0. The summed E-state index contributed by atoms with van der Waals surface area (Å²) < 4.78 is 0. The van der Waals surface area contributed by atoms with E-state index >= 15 is 0 Å². The number of hydrogen-bond donors (Lipinski definition) is 0. The number of allylic oxidation sites excluding steroid dienone is 4. The second-order valence-electron chi connectivity index (χ2n) is 4.79. The first-order chi connectivity index (χ1) is 8.19. The van der Waals surface area contributed by atoms with Gasteiger partial charge in [0.15, 0.2) is 11.6 Å². The summed E-state index contributed by atoms with van der Waals surface area (Å²) in [6, 6.07) is 0. The summed E-state index contributed by atoms with van der Waals surface area (Å²) in [5.74, 6) is 0.928. The van der Waals surface area contributed by atoms with E-state index in [1.807, 2.05) is 12.5 Å². The molecule has 2 nitrogen and oxygen atoms in total. The van der Waals surface area contributed by atoms with E-state index in [1.54, 1.807) is 0 Å². The van der Waals surface area contributed by atoms with Crippen LogP contribution in [-0.2, 0) is 9.59 Å². The monoisotopic (exact) mass is 266 g/mol. The second-order valence-corrected chi connectivity index (χ2v) is 6.43. The normalized spacial score (nSPS) is 39.2. The molecule has 2 bridgehead atoms. The van der Waals surface area contributed by atoms with Crippen molar-refractivity contribution in [2.75, 3.05) is 12.5 Å². The van der Waals surface area contributed by atoms with Crippen LogP contribution >= 0.6 is 23.5 Å². The van der Waals surface area contributed by atoms with Gasteiger partial charge in [-0.05, 0) is 30.8 Å². The number of carbonyl (C=O) groups excluding carboxylic acids is 2. The van der Waals surface area contributed by atoms with E-state index in [-0.39, 0.29) is 23.4 Å². The fraction of sp³-hybridized carbons (Fsp3) is 0.538. The number of hydrogen-bond acceptors (Lipinski definition) is 4. The molecule has 0 aromatic heterocycles. The zero-order valence-corrected chi connectivity index (χ0v) is 11.4. The third-order valence-electron chi connectivity index (χ3n) is 4.13. The van der Waals surface area contributed by atoms with Gasteiger partial charge in [-0.1, -0.05) is 12.2 Å². The Kier molecular flexibility index (Phi) is 2.75. The predicted molar refractivity (Wildman–Crippen MR) is 71.8 cm³/mol. The van der Waals surface area contributed by atoms with Crippen LogP contribution < -0.4 is 0 Å². The molecule has 1 saturated carbocycles. The maximum Gasteiger partial charge on any atom is 0.174 e. The molecular weight excluding hydrogens is 252 g/mol. The maximum atomic E-state index is 12.5. The molecule has 0 aromatic carbocycles. The van der Waals surface area contributed by atoms with E-state index in [4.69, 9.17) is 0 Å². The zero-order chi connectivity index (χ0) is 12.2. The number of ketones is 2. The Morgan fingerprint density at radius 1 is 0.941 bits per heavy atom. The summed E-state index contributed by atoms with van der Waals surface area (Å²) in [5.41, 5.74) is 0. The topological polar surface area (TPSA) is 34.1 Å². The van der Waals surface area contributed by atoms with Crippen LogP contribution in [-0.4, -0.2) is 24.1 Å². The first-order valence-electron chi connectivity index (χ1n) is 5.78. The Balaban J connectivity index is 2.10. The first-order valence-corrected chi connectivity index (χ1v) is 8.23. The fourth-order valence-corrected chi connectivity index (χ4v) is 5.20. The van der Waals surface area contributed by atoms with Crippen LogP contribution in [0, 0.1) is 23.7 Å². The molecular formula is C13H14O2S2. The molecule has 4 atom stereocenters. The summed E-state index contributed by atoms with van der Waals surface area (Å²) in [5, 5.41) is 0. The number of carbonyl (C=O) groups is 2. The summed E-state index contributed by atoms with van der Waals surface area (Å²) >= 11 is 2.86. The van der Waals surface area contributed by atoms with Gasteiger partial charge < -0.3 is 0 Å². The van der Waals surface area contributed by atoms with Crippen molar-refractivity contribution in [1.29, 1.82) is 0 Å². The molecule has 0 radical (unpaired) electrons. The lowest BCUT2D eigenvalue weighted by atomic mass is 9.74. The molecule has 1 fully saturated rings. The maximum absolute atomic E-state index is 12.5. The number of Topliss-reactive ketones (excluding diaryl/α,β-unsaturated/α-hetero) is 2. The van der Waals surface area contributed by atoms with Crippen LogP contribution in [0.15, 0.2) is 22.0 Å². The Morgan fingerprint density at radius 3 is 1.71 bits per heavy atom. The average Bonchev–Trinajstić information content (AvgIpc) is 2.93. The minimum Gasteiger partial charge on any atom is -0.293 e. The van der Waals surface area contributed by atoms with Crippen LogP contribution in [0.25, 0.3) is 0 Å². The van der Waals surface area contributed by atoms with Crippen molar-refractivity contribution in [1.82, 2.24) is 0 Å². The van der Waals surface area contributed by atoms with Gasteiger partial charge in [-0.3, -0.25) is 9.59 Å². The van der Waals surface area contributed by atoms with Crippen LogP contribution in [0.3, 0.4) is 0 Å². The van der Waals surface area contributed by atoms with E-state index in [9.17, 15) is 9.59 Å². The van der Waals surface area contributed by atoms with E-state index in [1.165, 1.54) is 23.5 Å². The third-order valence-corrected chi connectivity index (χ3v) is 5.88. The van der Waals surface area contributed by atoms with Gasteiger partial charge in [0.2, 0.25) is 0 Å². The zero-order valence-electron chi connectivity index (χ0n) is 9.80. The average molecular weight is 266 g/mol. The largest absolute Gasteiger partial charge is 0.293 e. The molecule has 0 unspecified atom stereocenters. The number of rotatable bonds is 2. The molecule has 0 saturated heterocycles. The van der Waals surface area contributed by atoms with Crippen molar-refractivity contribution in [3.05, 3.63) is 22.0 Å². The van der Waals surface area contributed by atoms with Gasteiger partial charge in [0.05, 0.1) is 9.81 Å². The van der Waals surface area contributed by atoms with E-state index in [0.29, 0.717) is 21.6 Å². The molecule has 17 heavy (non-hydrogen) atoms. The van der Waals surface area contributed by atoms with Crippen molar-refractivity contribution in [2.24, 2.45) is 23.7 Å². The summed E-state index contributed by atoms with van der Waals surface area (Å²) in [4.78, 5) is 26.3. The van der Waals surface area contributed by atoms with Gasteiger partial charge in [0.1, 0.15) is 0 Å². The number of fused-ring (bicyclic) bond motifs is 5. The van der Waals surface area contributed by atoms with Crippen LogP contribution in [0.1, 0.15) is 6.42 Å². The number of thioether (sulfide) groups is 2. The van der Waals surface area contributed by atoms with Gasteiger partial charge in [0, 0.05) is 11.8 Å². The molecule has 0 aliphatic heterocycles. The van der Waals surface area contributed by atoms with Crippen molar-refractivity contribution in [3.63, 3.8) is 0 Å². The molecule has 3 aliphatic carbocycles. The van der Waals surface area contributed by atoms with Crippen molar-refractivity contribution in [3.8, 4) is 0 Å². The molecule has 0 amide bonds. The van der Waals surface area contributed by atoms with E-state index < -0.39 is 0 Å². The SMILES string of the molecule is CSC1=C(SC)C(=O)[C@H]2[C@@H](C1=O)[C@H]1C=C[C@H]2C1. The molecule has 90 valence electrons. The van der Waals surface area contributed by atoms with E-state index in [2.05, 4.69) is 12.2 Å². The molecule has 0 heterocycles. The molecule has 0 N–H and O–H groups in total. The predicted octanol–water partition coefficient (Wildman–Crippen LogP) is 2.51. The van der Waals surface area contributed by atoms with Gasteiger partial charge >= 0.3 is 0 Å². The lowest BCUT2D eigenvalue weighted by molar-refractivity contribution is -0.129. The Labute approximate surface area is 109 Å². The summed E-state index contributed by atoms with van der Waals surface area (Å²) in [6.07, 6.45) is 9.05. The van der Waals surface area contributed by atoms with Crippen molar-refractivity contribution in [2.45, 2.75) is 6.42 Å². The molecule has 0 aromatic rings.